The van der Waals surface area contributed by atoms with Crippen molar-refractivity contribution in [2.45, 2.75) is 6.92 Å². The lowest BCUT2D eigenvalue weighted by molar-refractivity contribution is 1.18. The minimum absolute atomic E-state index is 0.482. The molecule has 3 heteroatoms. The van der Waals surface area contributed by atoms with Gasteiger partial charge in [-0.2, -0.15) is 0 Å². The van der Waals surface area contributed by atoms with Gasteiger partial charge in [-0.25, -0.2) is 4.99 Å². The van der Waals surface area contributed by atoms with Crippen LogP contribution in [0.4, 0.5) is 5.69 Å². The van der Waals surface area contributed by atoms with Gasteiger partial charge in [-0.05, 0) is 36.2 Å². The second-order valence-electron chi connectivity index (χ2n) is 5.02. The Hall–Kier alpha value is -2.94. The Kier molecular flexibility index (Phi) is 3.97. The molecule has 108 valence electrons. The second-order valence-corrected chi connectivity index (χ2v) is 5.02. The number of aliphatic imine (C=N–C) groups is 1. The third-order valence-electron chi connectivity index (χ3n) is 3.49. The quantitative estimate of drug-likeness (QED) is 0.582. The van der Waals surface area contributed by atoms with E-state index in [0.29, 0.717) is 5.84 Å². The highest BCUT2D eigenvalue weighted by molar-refractivity contribution is 6.05. The SMILES string of the molecule is Cc1nccc(-c2ccccc2)c1C(N)=Nc1ccccc1. The number of amidine groups is 1. The first-order chi connectivity index (χ1) is 10.8. The van der Waals surface area contributed by atoms with Crippen molar-refractivity contribution in [2.24, 2.45) is 10.7 Å². The van der Waals surface area contributed by atoms with Crippen LogP contribution < -0.4 is 5.73 Å². The predicted octanol–water partition coefficient (Wildman–Crippen LogP) is 4.09. The van der Waals surface area contributed by atoms with Crippen molar-refractivity contribution >= 4 is 11.5 Å². The number of nitrogens with two attached hydrogens (primary N) is 1. The molecule has 1 heterocycles. The molecule has 0 spiro atoms. The highest BCUT2D eigenvalue weighted by Crippen LogP contribution is 2.25. The van der Waals surface area contributed by atoms with Gasteiger partial charge in [0.05, 0.1) is 5.69 Å². The van der Waals surface area contributed by atoms with E-state index in [-0.39, 0.29) is 0 Å². The zero-order chi connectivity index (χ0) is 15.4. The number of hydrogen-bond donors (Lipinski definition) is 1. The van der Waals surface area contributed by atoms with Gasteiger partial charge in [-0.3, -0.25) is 4.98 Å². The predicted molar refractivity (Wildman–Crippen MR) is 91.2 cm³/mol. The number of rotatable bonds is 3. The Labute approximate surface area is 130 Å². The van der Waals surface area contributed by atoms with Crippen LogP contribution in [0.1, 0.15) is 11.3 Å². The van der Waals surface area contributed by atoms with E-state index in [4.69, 9.17) is 5.73 Å². The molecule has 0 amide bonds. The van der Waals surface area contributed by atoms with E-state index in [0.717, 1.165) is 28.1 Å². The smallest absolute Gasteiger partial charge is 0.133 e. The second kappa shape index (κ2) is 6.22. The summed E-state index contributed by atoms with van der Waals surface area (Å²) >= 11 is 0. The maximum atomic E-state index is 6.28. The Bertz CT molecular complexity index is 793. The number of pyridine rings is 1. The lowest BCUT2D eigenvalue weighted by Crippen LogP contribution is -2.16. The first-order valence-corrected chi connectivity index (χ1v) is 7.16. The van der Waals surface area contributed by atoms with Gasteiger partial charge in [0.2, 0.25) is 0 Å². The number of para-hydroxylation sites is 1. The van der Waals surface area contributed by atoms with Crippen molar-refractivity contribution in [3.63, 3.8) is 0 Å². The first-order valence-electron chi connectivity index (χ1n) is 7.16. The summed E-state index contributed by atoms with van der Waals surface area (Å²) in [5.74, 6) is 0.482. The zero-order valence-electron chi connectivity index (χ0n) is 12.4. The van der Waals surface area contributed by atoms with Gasteiger partial charge in [0, 0.05) is 17.5 Å². The minimum atomic E-state index is 0.482. The average molecular weight is 287 g/mol. The van der Waals surface area contributed by atoms with Gasteiger partial charge in [0.25, 0.3) is 0 Å². The summed E-state index contributed by atoms with van der Waals surface area (Å²) in [7, 11) is 0. The van der Waals surface area contributed by atoms with Crippen molar-refractivity contribution in [2.75, 3.05) is 0 Å². The molecule has 0 aliphatic carbocycles. The molecule has 0 aliphatic heterocycles. The van der Waals surface area contributed by atoms with Gasteiger partial charge in [0.15, 0.2) is 0 Å². The normalized spacial score (nSPS) is 11.4. The van der Waals surface area contributed by atoms with E-state index in [2.05, 4.69) is 22.1 Å². The van der Waals surface area contributed by atoms with Crippen molar-refractivity contribution < 1.29 is 0 Å². The summed E-state index contributed by atoms with van der Waals surface area (Å²) in [6, 6.07) is 21.8. The monoisotopic (exact) mass is 287 g/mol. The molecule has 3 aromatic rings. The minimum Gasteiger partial charge on any atom is -0.383 e. The lowest BCUT2D eigenvalue weighted by atomic mass is 9.99. The molecule has 3 rings (SSSR count). The number of benzene rings is 2. The zero-order valence-corrected chi connectivity index (χ0v) is 12.4. The Balaban J connectivity index is 2.13. The Morgan fingerprint density at radius 1 is 0.909 bits per heavy atom. The summed E-state index contributed by atoms with van der Waals surface area (Å²) in [6.45, 7) is 1.95. The van der Waals surface area contributed by atoms with Crippen LogP contribution in [0, 0.1) is 6.92 Å². The summed E-state index contributed by atoms with van der Waals surface area (Å²) < 4.78 is 0. The fraction of sp³-hybridized carbons (Fsp3) is 0.0526. The van der Waals surface area contributed by atoms with Crippen LogP contribution in [0.5, 0.6) is 0 Å². The summed E-state index contributed by atoms with van der Waals surface area (Å²) in [5.41, 5.74) is 11.0. The Morgan fingerprint density at radius 3 is 2.23 bits per heavy atom. The first kappa shape index (κ1) is 14.0. The van der Waals surface area contributed by atoms with Gasteiger partial charge in [0.1, 0.15) is 5.84 Å². The molecule has 0 saturated heterocycles. The van der Waals surface area contributed by atoms with Gasteiger partial charge in [-0.1, -0.05) is 48.5 Å². The van der Waals surface area contributed by atoms with Crippen molar-refractivity contribution in [3.05, 3.63) is 84.2 Å². The molecular weight excluding hydrogens is 270 g/mol. The molecule has 3 nitrogen and oxygen atoms in total. The molecule has 22 heavy (non-hydrogen) atoms. The molecule has 0 radical (unpaired) electrons. The van der Waals surface area contributed by atoms with E-state index in [1.54, 1.807) is 6.20 Å². The molecule has 0 fully saturated rings. The van der Waals surface area contributed by atoms with Crippen LogP contribution in [-0.2, 0) is 0 Å². The van der Waals surface area contributed by atoms with Crippen LogP contribution >= 0.6 is 0 Å². The summed E-state index contributed by atoms with van der Waals surface area (Å²) in [4.78, 5) is 8.90. The topological polar surface area (TPSA) is 51.3 Å². The molecule has 0 atom stereocenters. The van der Waals surface area contributed by atoms with Crippen molar-refractivity contribution in [1.82, 2.24) is 4.98 Å². The van der Waals surface area contributed by atoms with Crippen LogP contribution in [-0.4, -0.2) is 10.8 Å². The standard InChI is InChI=1S/C19H17N3/c1-14-18(19(20)22-16-10-6-3-7-11-16)17(12-13-21-14)15-8-4-2-5-9-15/h2-13H,1H3,(H2,20,22). The van der Waals surface area contributed by atoms with Crippen LogP contribution in [0.2, 0.25) is 0 Å². The van der Waals surface area contributed by atoms with Gasteiger partial charge < -0.3 is 5.73 Å². The van der Waals surface area contributed by atoms with Crippen molar-refractivity contribution in [3.8, 4) is 11.1 Å². The third-order valence-corrected chi connectivity index (χ3v) is 3.49. The molecular formula is C19H17N3. The largest absolute Gasteiger partial charge is 0.383 e. The van der Waals surface area contributed by atoms with E-state index < -0.39 is 0 Å². The molecule has 0 aliphatic rings. The number of aromatic nitrogens is 1. The summed E-state index contributed by atoms with van der Waals surface area (Å²) in [5, 5.41) is 0. The highest BCUT2D eigenvalue weighted by atomic mass is 14.9. The molecule has 1 aromatic heterocycles. The van der Waals surface area contributed by atoms with Crippen LogP contribution in [0.25, 0.3) is 11.1 Å². The van der Waals surface area contributed by atoms with Gasteiger partial charge in [-0.15, -0.1) is 0 Å². The van der Waals surface area contributed by atoms with Crippen LogP contribution in [0.15, 0.2) is 77.9 Å². The number of aryl methyl sites for hydroxylation is 1. The number of nitrogens with zero attached hydrogens (tertiary/aromatic N) is 2. The highest BCUT2D eigenvalue weighted by Gasteiger charge is 2.12. The van der Waals surface area contributed by atoms with E-state index in [1.807, 2.05) is 61.5 Å². The Morgan fingerprint density at radius 2 is 1.55 bits per heavy atom. The van der Waals surface area contributed by atoms with Crippen molar-refractivity contribution in [1.29, 1.82) is 0 Å². The number of hydrogen-bond acceptors (Lipinski definition) is 2. The maximum absolute atomic E-state index is 6.28. The average Bonchev–Trinajstić information content (AvgIpc) is 2.56. The third kappa shape index (κ3) is 2.88. The maximum Gasteiger partial charge on any atom is 0.133 e. The summed E-state index contributed by atoms with van der Waals surface area (Å²) in [6.07, 6.45) is 1.80. The molecule has 0 saturated carbocycles. The van der Waals surface area contributed by atoms with E-state index >= 15 is 0 Å². The molecule has 2 N–H and O–H groups in total. The fourth-order valence-corrected chi connectivity index (χ4v) is 2.45. The fourth-order valence-electron chi connectivity index (χ4n) is 2.45. The molecule has 2 aromatic carbocycles. The molecule has 0 bridgehead atoms. The molecule has 0 unspecified atom stereocenters. The lowest BCUT2D eigenvalue weighted by Gasteiger charge is -2.12. The van der Waals surface area contributed by atoms with E-state index in [1.165, 1.54) is 0 Å². The van der Waals surface area contributed by atoms with Gasteiger partial charge >= 0.3 is 0 Å². The van der Waals surface area contributed by atoms with E-state index in [9.17, 15) is 0 Å². The van der Waals surface area contributed by atoms with Crippen LogP contribution in [0.3, 0.4) is 0 Å².